The number of nitriles is 1. The van der Waals surface area contributed by atoms with Crippen LogP contribution in [0.25, 0.3) is 17.1 Å². The summed E-state index contributed by atoms with van der Waals surface area (Å²) in [7, 11) is 0. The van der Waals surface area contributed by atoms with Crippen LogP contribution in [0.2, 0.25) is 0 Å². The summed E-state index contributed by atoms with van der Waals surface area (Å²) in [5.74, 6) is 2.37. The summed E-state index contributed by atoms with van der Waals surface area (Å²) >= 11 is 0. The molecule has 0 amide bonds. The number of aromatic nitrogens is 2. The third-order valence-corrected chi connectivity index (χ3v) is 6.89. The molecule has 3 unspecified atom stereocenters. The van der Waals surface area contributed by atoms with Crippen LogP contribution in [0.3, 0.4) is 0 Å². The summed E-state index contributed by atoms with van der Waals surface area (Å²) < 4.78 is 2.18. The Hall–Kier alpha value is -2.86. The Morgan fingerprint density at radius 1 is 1.14 bits per heavy atom. The molecule has 1 aliphatic rings. The molecule has 3 heteroatoms. The summed E-state index contributed by atoms with van der Waals surface area (Å²) in [4.78, 5) is 4.76. The van der Waals surface area contributed by atoms with E-state index < -0.39 is 0 Å². The van der Waals surface area contributed by atoms with Crippen LogP contribution in [-0.2, 0) is 5.41 Å². The van der Waals surface area contributed by atoms with E-state index in [-0.39, 0.29) is 5.41 Å². The quantitative estimate of drug-likeness (QED) is 0.571. The Morgan fingerprint density at radius 2 is 1.82 bits per heavy atom. The molecular formula is C25H27N3. The van der Waals surface area contributed by atoms with Crippen molar-refractivity contribution in [3.63, 3.8) is 0 Å². The first-order chi connectivity index (χ1) is 13.4. The predicted octanol–water partition coefficient (Wildman–Crippen LogP) is 5.96. The second-order valence-corrected chi connectivity index (χ2v) is 8.62. The van der Waals surface area contributed by atoms with Gasteiger partial charge in [0, 0.05) is 18.0 Å². The molecule has 0 aliphatic heterocycles. The van der Waals surface area contributed by atoms with Gasteiger partial charge in [-0.15, -0.1) is 0 Å². The number of imidazole rings is 1. The fraction of sp³-hybridized carbons (Fsp3) is 0.360. The van der Waals surface area contributed by atoms with E-state index in [0.29, 0.717) is 11.5 Å². The minimum atomic E-state index is 0.182. The van der Waals surface area contributed by atoms with Crippen LogP contribution < -0.4 is 0 Å². The van der Waals surface area contributed by atoms with Gasteiger partial charge in [0.2, 0.25) is 0 Å². The van der Waals surface area contributed by atoms with Gasteiger partial charge in [-0.3, -0.25) is 4.57 Å². The van der Waals surface area contributed by atoms with Crippen molar-refractivity contribution in [2.24, 2.45) is 11.8 Å². The molecule has 0 saturated heterocycles. The third-order valence-electron chi connectivity index (χ3n) is 6.89. The van der Waals surface area contributed by atoms with E-state index in [1.165, 1.54) is 17.5 Å². The molecule has 3 nitrogen and oxygen atoms in total. The Kier molecular flexibility index (Phi) is 4.38. The molecule has 1 aromatic heterocycles. The maximum Gasteiger partial charge on any atom is 0.144 e. The number of hydrogen-bond acceptors (Lipinski definition) is 2. The van der Waals surface area contributed by atoms with Crippen molar-refractivity contribution < 1.29 is 0 Å². The van der Waals surface area contributed by atoms with Crippen LogP contribution >= 0.6 is 0 Å². The molecular weight excluding hydrogens is 342 g/mol. The van der Waals surface area contributed by atoms with Crippen molar-refractivity contribution in [2.45, 2.75) is 46.5 Å². The average Bonchev–Trinajstić information content (AvgIpc) is 3.16. The lowest BCUT2D eigenvalue weighted by atomic mass is 9.52. The molecule has 142 valence electrons. The molecule has 0 spiro atoms. The highest BCUT2D eigenvalue weighted by Gasteiger charge is 2.47. The second kappa shape index (κ2) is 6.63. The summed E-state index contributed by atoms with van der Waals surface area (Å²) in [6, 6.07) is 14.9. The number of rotatable bonds is 3. The minimum absolute atomic E-state index is 0.182. The van der Waals surface area contributed by atoms with E-state index in [1.54, 1.807) is 0 Å². The molecule has 1 fully saturated rings. The fourth-order valence-electron chi connectivity index (χ4n) is 5.11. The van der Waals surface area contributed by atoms with Crippen LogP contribution in [0.5, 0.6) is 0 Å². The summed E-state index contributed by atoms with van der Waals surface area (Å²) in [5, 5.41) is 9.28. The highest BCUT2D eigenvalue weighted by atomic mass is 15.1. The number of hydrogen-bond donors (Lipinski definition) is 0. The molecule has 1 aliphatic carbocycles. The topological polar surface area (TPSA) is 41.6 Å². The van der Waals surface area contributed by atoms with Crippen molar-refractivity contribution in [2.75, 3.05) is 0 Å². The van der Waals surface area contributed by atoms with Gasteiger partial charge in [-0.2, -0.15) is 5.26 Å². The SMILES string of the molecule is Cc1cc(C#N)cc(C)c1-n1ccnc1-c1ccccc1C1(C)CC(C)C1C. The van der Waals surface area contributed by atoms with Crippen molar-refractivity contribution in [3.05, 3.63) is 71.0 Å². The largest absolute Gasteiger partial charge is 0.299 e. The first-order valence-electron chi connectivity index (χ1n) is 10.0. The van der Waals surface area contributed by atoms with Gasteiger partial charge >= 0.3 is 0 Å². The minimum Gasteiger partial charge on any atom is -0.299 e. The van der Waals surface area contributed by atoms with E-state index in [1.807, 2.05) is 24.5 Å². The zero-order valence-electron chi connectivity index (χ0n) is 17.3. The Bertz CT molecular complexity index is 1060. The Morgan fingerprint density at radius 3 is 2.43 bits per heavy atom. The van der Waals surface area contributed by atoms with Gasteiger partial charge in [-0.25, -0.2) is 4.98 Å². The molecule has 3 atom stereocenters. The highest BCUT2D eigenvalue weighted by molar-refractivity contribution is 5.67. The van der Waals surface area contributed by atoms with Crippen LogP contribution in [-0.4, -0.2) is 9.55 Å². The first-order valence-corrected chi connectivity index (χ1v) is 10.0. The smallest absolute Gasteiger partial charge is 0.144 e. The van der Waals surface area contributed by atoms with Crippen LogP contribution in [0, 0.1) is 37.0 Å². The van der Waals surface area contributed by atoms with Crippen molar-refractivity contribution >= 4 is 0 Å². The third kappa shape index (κ3) is 2.67. The molecule has 4 rings (SSSR count). The van der Waals surface area contributed by atoms with Crippen molar-refractivity contribution in [3.8, 4) is 23.1 Å². The van der Waals surface area contributed by atoms with E-state index in [9.17, 15) is 5.26 Å². The maximum atomic E-state index is 9.28. The highest BCUT2D eigenvalue weighted by Crippen LogP contribution is 2.54. The van der Waals surface area contributed by atoms with E-state index in [4.69, 9.17) is 4.98 Å². The lowest BCUT2D eigenvalue weighted by molar-refractivity contribution is 0.0744. The first kappa shape index (κ1) is 18.5. The normalized spacial score (nSPS) is 23.9. The lowest BCUT2D eigenvalue weighted by Gasteiger charge is -2.52. The van der Waals surface area contributed by atoms with Gasteiger partial charge in [-0.05, 0) is 66.3 Å². The van der Waals surface area contributed by atoms with E-state index in [2.05, 4.69) is 69.5 Å². The van der Waals surface area contributed by atoms with Gasteiger partial charge in [-0.1, -0.05) is 45.0 Å². The Labute approximate surface area is 167 Å². The van der Waals surface area contributed by atoms with Gasteiger partial charge in [0.05, 0.1) is 17.3 Å². The lowest BCUT2D eigenvalue weighted by Crippen LogP contribution is -2.46. The average molecular weight is 370 g/mol. The van der Waals surface area contributed by atoms with Gasteiger partial charge in [0.25, 0.3) is 0 Å². The second-order valence-electron chi connectivity index (χ2n) is 8.62. The van der Waals surface area contributed by atoms with Crippen LogP contribution in [0.4, 0.5) is 0 Å². The summed E-state index contributed by atoms with van der Waals surface area (Å²) in [6.07, 6.45) is 5.11. The number of aryl methyl sites for hydroxylation is 2. The summed E-state index contributed by atoms with van der Waals surface area (Å²) in [5.41, 5.74) is 6.76. The van der Waals surface area contributed by atoms with E-state index in [0.717, 1.165) is 28.6 Å². The van der Waals surface area contributed by atoms with Gasteiger partial charge < -0.3 is 0 Å². The molecule has 0 N–H and O–H groups in total. The van der Waals surface area contributed by atoms with Gasteiger partial charge in [0.1, 0.15) is 5.82 Å². The van der Waals surface area contributed by atoms with Crippen molar-refractivity contribution in [1.29, 1.82) is 5.26 Å². The van der Waals surface area contributed by atoms with Crippen LogP contribution in [0.1, 0.15) is 49.4 Å². The van der Waals surface area contributed by atoms with Crippen molar-refractivity contribution in [1.82, 2.24) is 9.55 Å². The molecule has 3 aromatic rings. The predicted molar refractivity (Wildman–Crippen MR) is 113 cm³/mol. The maximum absolute atomic E-state index is 9.28. The fourth-order valence-corrected chi connectivity index (χ4v) is 5.11. The summed E-state index contributed by atoms with van der Waals surface area (Å²) in [6.45, 7) is 11.2. The van der Waals surface area contributed by atoms with Crippen LogP contribution in [0.15, 0.2) is 48.8 Å². The number of nitrogens with zero attached hydrogens (tertiary/aromatic N) is 3. The molecule has 0 radical (unpaired) electrons. The molecule has 28 heavy (non-hydrogen) atoms. The number of benzene rings is 2. The molecule has 1 heterocycles. The molecule has 1 saturated carbocycles. The standard InChI is InChI=1S/C25H27N3/c1-16-12-20(15-26)13-17(2)23(16)28-11-10-27-24(28)21-8-6-7-9-22(21)25(5)14-18(3)19(25)4/h6-13,18-19H,14H2,1-5H3. The van der Waals surface area contributed by atoms with Gasteiger partial charge in [0.15, 0.2) is 0 Å². The molecule has 2 aromatic carbocycles. The zero-order valence-corrected chi connectivity index (χ0v) is 17.3. The zero-order chi connectivity index (χ0) is 20.1. The van der Waals surface area contributed by atoms with E-state index >= 15 is 0 Å². The molecule has 0 bridgehead atoms. The monoisotopic (exact) mass is 369 g/mol. The Balaban J connectivity index is 1.88.